The summed E-state index contributed by atoms with van der Waals surface area (Å²) in [5, 5.41) is 0. The molecule has 1 saturated carbocycles. The lowest BCUT2D eigenvalue weighted by Gasteiger charge is -2.36. The van der Waals surface area contributed by atoms with Crippen LogP contribution in [0.25, 0.3) is 0 Å². The van der Waals surface area contributed by atoms with Gasteiger partial charge < -0.3 is 9.29 Å². The summed E-state index contributed by atoms with van der Waals surface area (Å²) < 4.78 is 26.4. The average molecular weight is 191 g/mol. The zero-order valence-corrected chi connectivity index (χ0v) is 8.19. The molecule has 0 heterocycles. The molecule has 0 aliphatic heterocycles. The van der Waals surface area contributed by atoms with Gasteiger partial charge in [-0.2, -0.15) is 0 Å². The molecular weight excluding hydrogens is 176 g/mol. The summed E-state index contributed by atoms with van der Waals surface area (Å²) in [6, 6.07) is 0. The van der Waals surface area contributed by atoms with Gasteiger partial charge >= 0.3 is 0 Å². The van der Waals surface area contributed by atoms with Crippen molar-refractivity contribution in [1.82, 2.24) is 0 Å². The minimum Gasteiger partial charge on any atom is -0.772 e. The van der Waals surface area contributed by atoms with Crippen molar-refractivity contribution in [1.29, 1.82) is 0 Å². The van der Waals surface area contributed by atoms with Gasteiger partial charge in [-0.3, -0.25) is 4.21 Å². The molecule has 0 saturated heterocycles. The lowest BCUT2D eigenvalue weighted by molar-refractivity contribution is -0.0204. The molecule has 72 valence electrons. The first kappa shape index (κ1) is 10.2. The molecule has 0 spiro atoms. The highest BCUT2D eigenvalue weighted by molar-refractivity contribution is 7.79. The van der Waals surface area contributed by atoms with Crippen LogP contribution < -0.4 is 0 Å². The van der Waals surface area contributed by atoms with Crippen molar-refractivity contribution >= 4 is 11.1 Å². The van der Waals surface area contributed by atoms with Gasteiger partial charge in [0, 0.05) is 12.9 Å². The summed E-state index contributed by atoms with van der Waals surface area (Å²) >= 11 is -1.98. The SMILES string of the molecule is COC1(CS(=O)[O-])CCCCC1. The lowest BCUT2D eigenvalue weighted by atomic mass is 9.86. The van der Waals surface area contributed by atoms with E-state index in [1.165, 1.54) is 6.42 Å². The largest absolute Gasteiger partial charge is 0.772 e. The molecule has 0 radical (unpaired) electrons. The van der Waals surface area contributed by atoms with Crippen molar-refractivity contribution in [3.63, 3.8) is 0 Å². The Kier molecular flexibility index (Phi) is 3.68. The Balaban J connectivity index is 2.53. The molecule has 1 aliphatic rings. The van der Waals surface area contributed by atoms with E-state index in [1.54, 1.807) is 7.11 Å². The fourth-order valence-corrected chi connectivity index (χ4v) is 2.65. The van der Waals surface area contributed by atoms with Gasteiger partial charge in [0.15, 0.2) is 0 Å². The van der Waals surface area contributed by atoms with Crippen LogP contribution in [0.1, 0.15) is 32.1 Å². The van der Waals surface area contributed by atoms with Gasteiger partial charge in [-0.15, -0.1) is 0 Å². The predicted octanol–water partition coefficient (Wildman–Crippen LogP) is 1.21. The first-order valence-corrected chi connectivity index (χ1v) is 5.54. The van der Waals surface area contributed by atoms with Crippen LogP contribution in [0, 0.1) is 0 Å². The van der Waals surface area contributed by atoms with Crippen LogP contribution in [0.4, 0.5) is 0 Å². The Morgan fingerprint density at radius 3 is 2.42 bits per heavy atom. The number of ether oxygens (including phenoxy) is 1. The monoisotopic (exact) mass is 191 g/mol. The molecule has 0 aromatic carbocycles. The molecule has 1 aliphatic carbocycles. The number of hydrogen-bond acceptors (Lipinski definition) is 3. The fraction of sp³-hybridized carbons (Fsp3) is 1.00. The Morgan fingerprint density at radius 1 is 1.42 bits per heavy atom. The maximum absolute atomic E-state index is 10.6. The topological polar surface area (TPSA) is 49.4 Å². The highest BCUT2D eigenvalue weighted by Gasteiger charge is 2.31. The molecule has 1 unspecified atom stereocenters. The number of methoxy groups -OCH3 is 1. The van der Waals surface area contributed by atoms with E-state index in [1.807, 2.05) is 0 Å². The second-order valence-corrected chi connectivity index (χ2v) is 4.29. The normalized spacial score (nSPS) is 25.2. The van der Waals surface area contributed by atoms with Gasteiger partial charge in [0.25, 0.3) is 0 Å². The van der Waals surface area contributed by atoms with E-state index < -0.39 is 11.1 Å². The van der Waals surface area contributed by atoms with Crippen LogP contribution in [0.5, 0.6) is 0 Å². The van der Waals surface area contributed by atoms with Crippen molar-refractivity contribution in [2.24, 2.45) is 0 Å². The summed E-state index contributed by atoms with van der Waals surface area (Å²) in [6.07, 6.45) is 5.15. The fourth-order valence-electron chi connectivity index (χ4n) is 1.82. The standard InChI is InChI=1S/C8H16O3S/c1-11-8(7-12(9)10)5-3-2-4-6-8/h2-7H2,1H3,(H,9,10)/p-1. The third-order valence-electron chi connectivity index (χ3n) is 2.58. The van der Waals surface area contributed by atoms with E-state index in [0.717, 1.165) is 25.7 Å². The molecule has 1 atom stereocenters. The molecule has 0 aromatic heterocycles. The van der Waals surface area contributed by atoms with Gasteiger partial charge in [0.1, 0.15) is 0 Å². The molecule has 3 nitrogen and oxygen atoms in total. The van der Waals surface area contributed by atoms with Crippen LogP contribution in [0.2, 0.25) is 0 Å². The molecule has 0 N–H and O–H groups in total. The van der Waals surface area contributed by atoms with Gasteiger partial charge in [0.05, 0.1) is 5.60 Å². The van der Waals surface area contributed by atoms with E-state index in [0.29, 0.717) is 0 Å². The zero-order valence-electron chi connectivity index (χ0n) is 7.38. The molecule has 1 rings (SSSR count). The zero-order chi connectivity index (χ0) is 9.03. The van der Waals surface area contributed by atoms with E-state index in [4.69, 9.17) is 4.74 Å². The summed E-state index contributed by atoms with van der Waals surface area (Å²) in [4.78, 5) is 0. The van der Waals surface area contributed by atoms with Gasteiger partial charge in [-0.25, -0.2) is 0 Å². The molecule has 0 amide bonds. The highest BCUT2D eigenvalue weighted by Crippen LogP contribution is 2.31. The van der Waals surface area contributed by atoms with E-state index in [-0.39, 0.29) is 11.4 Å². The summed E-state index contributed by atoms with van der Waals surface area (Å²) in [7, 11) is 1.61. The predicted molar refractivity (Wildman–Crippen MR) is 46.6 cm³/mol. The van der Waals surface area contributed by atoms with Crippen molar-refractivity contribution in [2.75, 3.05) is 12.9 Å². The third kappa shape index (κ3) is 2.54. The van der Waals surface area contributed by atoms with Crippen molar-refractivity contribution in [2.45, 2.75) is 37.7 Å². The minimum absolute atomic E-state index is 0.156. The second-order valence-electron chi connectivity index (χ2n) is 3.40. The molecule has 0 aromatic rings. The highest BCUT2D eigenvalue weighted by atomic mass is 32.2. The van der Waals surface area contributed by atoms with Gasteiger partial charge in [-0.05, 0) is 12.8 Å². The quantitative estimate of drug-likeness (QED) is 0.630. The average Bonchev–Trinajstić information content (AvgIpc) is 2.05. The van der Waals surface area contributed by atoms with Gasteiger partial charge in [-0.1, -0.05) is 30.3 Å². The molecule has 4 heteroatoms. The molecule has 1 fully saturated rings. The molecule has 12 heavy (non-hydrogen) atoms. The van der Waals surface area contributed by atoms with E-state index in [9.17, 15) is 8.76 Å². The molecule has 0 bridgehead atoms. The van der Waals surface area contributed by atoms with Crippen LogP contribution in [0.15, 0.2) is 0 Å². The first-order valence-electron chi connectivity index (χ1n) is 4.30. The van der Waals surface area contributed by atoms with Crippen molar-refractivity contribution in [3.05, 3.63) is 0 Å². The van der Waals surface area contributed by atoms with Crippen LogP contribution in [0.3, 0.4) is 0 Å². The number of hydrogen-bond donors (Lipinski definition) is 0. The van der Waals surface area contributed by atoms with E-state index in [2.05, 4.69) is 0 Å². The summed E-state index contributed by atoms with van der Waals surface area (Å²) in [5.74, 6) is 0.156. The first-order chi connectivity index (χ1) is 5.68. The maximum Gasteiger partial charge on any atom is 0.0782 e. The van der Waals surface area contributed by atoms with Crippen LogP contribution in [-0.4, -0.2) is 27.2 Å². The summed E-state index contributed by atoms with van der Waals surface area (Å²) in [5.41, 5.74) is -0.370. The second kappa shape index (κ2) is 4.35. The lowest BCUT2D eigenvalue weighted by Crippen LogP contribution is -2.39. The van der Waals surface area contributed by atoms with Crippen LogP contribution >= 0.6 is 0 Å². The Labute approximate surface area is 75.8 Å². The third-order valence-corrected chi connectivity index (χ3v) is 3.34. The summed E-state index contributed by atoms with van der Waals surface area (Å²) in [6.45, 7) is 0. The Morgan fingerprint density at radius 2 is 2.00 bits per heavy atom. The Bertz CT molecular complexity index is 164. The van der Waals surface area contributed by atoms with Crippen LogP contribution in [-0.2, 0) is 15.8 Å². The maximum atomic E-state index is 10.6. The van der Waals surface area contributed by atoms with Crippen molar-refractivity contribution in [3.8, 4) is 0 Å². The Hall–Kier alpha value is 0.0700. The van der Waals surface area contributed by atoms with E-state index >= 15 is 0 Å². The van der Waals surface area contributed by atoms with Crippen molar-refractivity contribution < 1.29 is 13.5 Å². The minimum atomic E-state index is -1.98. The smallest absolute Gasteiger partial charge is 0.0782 e. The molecular formula is C8H15O3S-. The number of rotatable bonds is 3. The van der Waals surface area contributed by atoms with Gasteiger partial charge in [0.2, 0.25) is 0 Å².